The summed E-state index contributed by atoms with van der Waals surface area (Å²) in [6.07, 6.45) is 0. The Hall–Kier alpha value is -2.87. The molecule has 0 fully saturated rings. The number of urea groups is 1. The lowest BCUT2D eigenvalue weighted by Crippen LogP contribution is -2.41. The van der Waals surface area contributed by atoms with Crippen molar-refractivity contribution in [2.75, 3.05) is 11.9 Å². The molecule has 120 valence electrons. The van der Waals surface area contributed by atoms with Gasteiger partial charge in [-0.05, 0) is 35.7 Å². The molecule has 0 atom stereocenters. The predicted octanol–water partition coefficient (Wildman–Crippen LogP) is 1.28. The minimum absolute atomic E-state index is 0.0671. The fourth-order valence-electron chi connectivity index (χ4n) is 1.73. The van der Waals surface area contributed by atoms with Crippen molar-refractivity contribution in [3.8, 4) is 0 Å². The van der Waals surface area contributed by atoms with E-state index in [1.807, 2.05) is 17.5 Å². The first kappa shape index (κ1) is 16.5. The molecule has 4 amide bonds. The summed E-state index contributed by atoms with van der Waals surface area (Å²) in [5.41, 5.74) is 6.16. The van der Waals surface area contributed by atoms with Crippen LogP contribution in [0.2, 0.25) is 0 Å². The van der Waals surface area contributed by atoms with Gasteiger partial charge in [-0.15, -0.1) is 11.3 Å². The van der Waals surface area contributed by atoms with Crippen molar-refractivity contribution in [2.45, 2.75) is 6.54 Å². The van der Waals surface area contributed by atoms with Crippen molar-refractivity contribution < 1.29 is 14.4 Å². The number of imide groups is 1. The van der Waals surface area contributed by atoms with Gasteiger partial charge in [0.15, 0.2) is 0 Å². The summed E-state index contributed by atoms with van der Waals surface area (Å²) >= 11 is 1.52. The molecule has 8 heteroatoms. The summed E-state index contributed by atoms with van der Waals surface area (Å²) in [7, 11) is 0. The van der Waals surface area contributed by atoms with Gasteiger partial charge in [-0.25, -0.2) is 4.79 Å². The first-order valence-corrected chi connectivity index (χ1v) is 7.66. The molecule has 0 aliphatic heterocycles. The van der Waals surface area contributed by atoms with Crippen LogP contribution in [0.4, 0.5) is 10.5 Å². The van der Waals surface area contributed by atoms with Crippen LogP contribution < -0.4 is 21.7 Å². The SMILES string of the molecule is NC(=O)c1ccc(NCC(=O)NC(=O)NCc2cccs2)cc1. The highest BCUT2D eigenvalue weighted by molar-refractivity contribution is 7.09. The first-order chi connectivity index (χ1) is 11.0. The molecule has 0 unspecified atom stereocenters. The van der Waals surface area contributed by atoms with Gasteiger partial charge in [0.2, 0.25) is 11.8 Å². The highest BCUT2D eigenvalue weighted by Gasteiger charge is 2.07. The molecule has 0 spiro atoms. The molecule has 0 aliphatic rings. The van der Waals surface area contributed by atoms with Crippen LogP contribution in [0.25, 0.3) is 0 Å². The smallest absolute Gasteiger partial charge is 0.321 e. The summed E-state index contributed by atoms with van der Waals surface area (Å²) < 4.78 is 0. The van der Waals surface area contributed by atoms with E-state index in [1.54, 1.807) is 24.3 Å². The number of carbonyl (C=O) groups is 3. The summed E-state index contributed by atoms with van der Waals surface area (Å²) in [4.78, 5) is 35.2. The van der Waals surface area contributed by atoms with Crippen molar-refractivity contribution >= 4 is 34.9 Å². The summed E-state index contributed by atoms with van der Waals surface area (Å²) in [5, 5.41) is 9.57. The van der Waals surface area contributed by atoms with Gasteiger partial charge in [-0.1, -0.05) is 6.07 Å². The first-order valence-electron chi connectivity index (χ1n) is 6.78. The molecule has 7 nitrogen and oxygen atoms in total. The zero-order chi connectivity index (χ0) is 16.7. The standard InChI is InChI=1S/C15H16N4O3S/c16-14(21)10-3-5-11(6-4-10)17-9-13(20)19-15(22)18-8-12-2-1-7-23-12/h1-7,17H,8-9H2,(H2,16,21)(H2,18,19,20,22). The Morgan fingerprint density at radius 1 is 1.09 bits per heavy atom. The molecule has 1 aromatic carbocycles. The second kappa shape index (κ2) is 7.95. The van der Waals surface area contributed by atoms with E-state index in [1.165, 1.54) is 11.3 Å². The summed E-state index contributed by atoms with van der Waals surface area (Å²) in [5.74, 6) is -0.982. The normalized spacial score (nSPS) is 9.91. The van der Waals surface area contributed by atoms with Crippen molar-refractivity contribution in [1.82, 2.24) is 10.6 Å². The van der Waals surface area contributed by atoms with Crippen LogP contribution in [0.5, 0.6) is 0 Å². The van der Waals surface area contributed by atoms with Crippen LogP contribution in [-0.4, -0.2) is 24.4 Å². The Balaban J connectivity index is 1.71. The van der Waals surface area contributed by atoms with Gasteiger partial charge >= 0.3 is 6.03 Å². The van der Waals surface area contributed by atoms with E-state index >= 15 is 0 Å². The highest BCUT2D eigenvalue weighted by Crippen LogP contribution is 2.08. The Kier molecular flexibility index (Phi) is 5.70. The number of benzene rings is 1. The van der Waals surface area contributed by atoms with Gasteiger partial charge in [0.05, 0.1) is 13.1 Å². The minimum Gasteiger partial charge on any atom is -0.376 e. The maximum absolute atomic E-state index is 11.7. The number of carbonyl (C=O) groups excluding carboxylic acids is 3. The highest BCUT2D eigenvalue weighted by atomic mass is 32.1. The number of thiophene rings is 1. The van der Waals surface area contributed by atoms with E-state index in [0.29, 0.717) is 17.8 Å². The maximum atomic E-state index is 11.7. The summed E-state index contributed by atoms with van der Waals surface area (Å²) in [6, 6.07) is 9.60. The maximum Gasteiger partial charge on any atom is 0.321 e. The third-order valence-electron chi connectivity index (χ3n) is 2.88. The van der Waals surface area contributed by atoms with Gasteiger partial charge in [-0.2, -0.15) is 0 Å². The molecule has 0 radical (unpaired) electrons. The predicted molar refractivity (Wildman–Crippen MR) is 88.1 cm³/mol. The lowest BCUT2D eigenvalue weighted by atomic mass is 10.2. The van der Waals surface area contributed by atoms with Gasteiger partial charge in [0.1, 0.15) is 0 Å². The Labute approximate surface area is 136 Å². The van der Waals surface area contributed by atoms with E-state index in [0.717, 1.165) is 4.88 Å². The van der Waals surface area contributed by atoms with Gasteiger partial charge < -0.3 is 16.4 Å². The second-order valence-electron chi connectivity index (χ2n) is 4.61. The zero-order valence-electron chi connectivity index (χ0n) is 12.2. The average molecular weight is 332 g/mol. The van der Waals surface area contributed by atoms with Crippen LogP contribution in [0.1, 0.15) is 15.2 Å². The van der Waals surface area contributed by atoms with Gasteiger partial charge in [-0.3, -0.25) is 14.9 Å². The van der Waals surface area contributed by atoms with Crippen LogP contribution in [0.15, 0.2) is 41.8 Å². The lowest BCUT2D eigenvalue weighted by molar-refractivity contribution is -0.118. The van der Waals surface area contributed by atoms with Gasteiger partial charge in [0.25, 0.3) is 0 Å². The molecule has 2 aromatic rings. The Morgan fingerprint density at radius 3 is 2.43 bits per heavy atom. The number of hydrogen-bond acceptors (Lipinski definition) is 5. The molecule has 23 heavy (non-hydrogen) atoms. The third-order valence-corrected chi connectivity index (χ3v) is 3.76. The Bertz CT molecular complexity index is 683. The second-order valence-corrected chi connectivity index (χ2v) is 5.64. The van der Waals surface area contributed by atoms with E-state index in [2.05, 4.69) is 16.0 Å². The van der Waals surface area contributed by atoms with Crippen molar-refractivity contribution in [3.05, 3.63) is 52.2 Å². The molecule has 0 bridgehead atoms. The number of anilines is 1. The monoisotopic (exact) mass is 332 g/mol. The molecule has 0 saturated heterocycles. The van der Waals surface area contributed by atoms with Crippen LogP contribution >= 0.6 is 11.3 Å². The van der Waals surface area contributed by atoms with Crippen molar-refractivity contribution in [3.63, 3.8) is 0 Å². The number of rotatable bonds is 6. The third kappa shape index (κ3) is 5.44. The number of nitrogens with two attached hydrogens (primary N) is 1. The minimum atomic E-state index is -0.547. The largest absolute Gasteiger partial charge is 0.376 e. The fourth-order valence-corrected chi connectivity index (χ4v) is 2.37. The summed E-state index contributed by atoms with van der Waals surface area (Å²) in [6.45, 7) is 0.307. The quantitative estimate of drug-likeness (QED) is 0.638. The number of nitrogens with one attached hydrogen (secondary N) is 3. The lowest BCUT2D eigenvalue weighted by Gasteiger charge is -2.08. The van der Waals surface area contributed by atoms with E-state index in [4.69, 9.17) is 5.73 Å². The molecule has 5 N–H and O–H groups in total. The molecule has 1 heterocycles. The fraction of sp³-hybridized carbons (Fsp3) is 0.133. The number of amides is 4. The zero-order valence-corrected chi connectivity index (χ0v) is 13.0. The number of hydrogen-bond donors (Lipinski definition) is 4. The average Bonchev–Trinajstić information content (AvgIpc) is 3.05. The van der Waals surface area contributed by atoms with Crippen molar-refractivity contribution in [1.29, 1.82) is 0 Å². The molecular weight excluding hydrogens is 316 g/mol. The molecular formula is C15H16N4O3S. The van der Waals surface area contributed by atoms with Gasteiger partial charge in [0, 0.05) is 16.1 Å². The van der Waals surface area contributed by atoms with Crippen LogP contribution in [0.3, 0.4) is 0 Å². The molecule has 0 aliphatic carbocycles. The van der Waals surface area contributed by atoms with E-state index < -0.39 is 17.8 Å². The van der Waals surface area contributed by atoms with E-state index in [9.17, 15) is 14.4 Å². The molecule has 0 saturated carbocycles. The number of primary amides is 1. The van der Waals surface area contributed by atoms with Crippen molar-refractivity contribution in [2.24, 2.45) is 5.73 Å². The Morgan fingerprint density at radius 2 is 1.83 bits per heavy atom. The topological polar surface area (TPSA) is 113 Å². The van der Waals surface area contributed by atoms with Crippen LogP contribution in [0, 0.1) is 0 Å². The molecule has 1 aromatic heterocycles. The molecule has 2 rings (SSSR count). The van der Waals surface area contributed by atoms with E-state index in [-0.39, 0.29) is 6.54 Å². The van der Waals surface area contributed by atoms with Crippen LogP contribution in [-0.2, 0) is 11.3 Å².